The van der Waals surface area contributed by atoms with Crippen molar-refractivity contribution in [2.24, 2.45) is 5.92 Å². The summed E-state index contributed by atoms with van der Waals surface area (Å²) in [6, 6.07) is 16.7. The van der Waals surface area contributed by atoms with Crippen molar-refractivity contribution in [1.82, 2.24) is 15.5 Å². The molecule has 5 nitrogen and oxygen atoms in total. The SMILES string of the molecule is CCC1(NC(=O)NC(C)(C)c2ccc(-c3ccc(CCO)cc3)cc2)CN2CCC1CC2. The molecule has 3 fully saturated rings. The highest BCUT2D eigenvalue weighted by Crippen LogP contribution is 2.37. The van der Waals surface area contributed by atoms with Gasteiger partial charge in [0.15, 0.2) is 0 Å². The Balaban J connectivity index is 1.42. The molecule has 2 aromatic carbocycles. The first-order valence-electron chi connectivity index (χ1n) is 12.0. The molecule has 3 aliphatic rings. The number of hydrogen-bond donors (Lipinski definition) is 3. The largest absolute Gasteiger partial charge is 0.396 e. The molecule has 3 aliphatic heterocycles. The molecule has 3 heterocycles. The predicted molar refractivity (Wildman–Crippen MR) is 130 cm³/mol. The van der Waals surface area contributed by atoms with Crippen LogP contribution in [0.1, 0.15) is 51.2 Å². The Morgan fingerprint density at radius 1 is 1.06 bits per heavy atom. The van der Waals surface area contributed by atoms with E-state index in [0.29, 0.717) is 12.3 Å². The summed E-state index contributed by atoms with van der Waals surface area (Å²) in [5.41, 5.74) is 3.92. The molecule has 3 saturated heterocycles. The van der Waals surface area contributed by atoms with Gasteiger partial charge in [0.25, 0.3) is 0 Å². The van der Waals surface area contributed by atoms with Crippen LogP contribution in [-0.4, -0.2) is 47.8 Å². The molecule has 172 valence electrons. The van der Waals surface area contributed by atoms with Crippen molar-refractivity contribution >= 4 is 6.03 Å². The van der Waals surface area contributed by atoms with E-state index in [2.05, 4.69) is 84.8 Å². The van der Waals surface area contributed by atoms with Gasteiger partial charge in [-0.3, -0.25) is 0 Å². The van der Waals surface area contributed by atoms with E-state index in [0.717, 1.165) is 48.3 Å². The lowest BCUT2D eigenvalue weighted by molar-refractivity contribution is 0.00985. The number of rotatable bonds is 7. The van der Waals surface area contributed by atoms with E-state index in [4.69, 9.17) is 5.11 Å². The monoisotopic (exact) mass is 435 g/mol. The van der Waals surface area contributed by atoms with Crippen molar-refractivity contribution in [2.75, 3.05) is 26.2 Å². The standard InChI is InChI=1S/C27H37N3O2/c1-4-27(19-30-16-13-24(27)14-17-30)29-25(32)28-26(2,3)23-11-9-22(10-12-23)21-7-5-20(6-8-21)15-18-31/h5-12,24,31H,4,13-19H2,1-3H3,(H2,28,29,32). The van der Waals surface area contributed by atoms with Gasteiger partial charge in [0.2, 0.25) is 0 Å². The van der Waals surface area contributed by atoms with Gasteiger partial charge < -0.3 is 20.6 Å². The van der Waals surface area contributed by atoms with Gasteiger partial charge in [-0.25, -0.2) is 4.79 Å². The maximum absolute atomic E-state index is 13.1. The number of aliphatic hydroxyl groups excluding tert-OH is 1. The van der Waals surface area contributed by atoms with Crippen LogP contribution in [0.5, 0.6) is 0 Å². The van der Waals surface area contributed by atoms with Gasteiger partial charge in [-0.1, -0.05) is 55.5 Å². The van der Waals surface area contributed by atoms with E-state index >= 15 is 0 Å². The maximum Gasteiger partial charge on any atom is 0.315 e. The number of fused-ring (bicyclic) bond motifs is 3. The number of nitrogens with one attached hydrogen (secondary N) is 2. The van der Waals surface area contributed by atoms with E-state index in [1.165, 1.54) is 12.8 Å². The topological polar surface area (TPSA) is 64.6 Å². The van der Waals surface area contributed by atoms with E-state index in [1.54, 1.807) is 0 Å². The van der Waals surface area contributed by atoms with Gasteiger partial charge in [0.05, 0.1) is 11.1 Å². The summed E-state index contributed by atoms with van der Waals surface area (Å²) < 4.78 is 0. The molecular weight excluding hydrogens is 398 g/mol. The van der Waals surface area contributed by atoms with Gasteiger partial charge in [-0.2, -0.15) is 0 Å². The molecular formula is C27H37N3O2. The summed E-state index contributed by atoms with van der Waals surface area (Å²) >= 11 is 0. The zero-order chi connectivity index (χ0) is 22.8. The average molecular weight is 436 g/mol. The number of urea groups is 1. The van der Waals surface area contributed by atoms with Crippen molar-refractivity contribution in [1.29, 1.82) is 0 Å². The Bertz CT molecular complexity index is 915. The number of nitrogens with zero attached hydrogens (tertiary/aromatic N) is 1. The molecule has 5 heteroatoms. The molecule has 3 N–H and O–H groups in total. The summed E-state index contributed by atoms with van der Waals surface area (Å²) in [6.45, 7) is 9.77. The van der Waals surface area contributed by atoms with Gasteiger partial charge in [0.1, 0.15) is 0 Å². The summed E-state index contributed by atoms with van der Waals surface area (Å²) in [6.07, 6.45) is 4.01. The van der Waals surface area contributed by atoms with Crippen LogP contribution < -0.4 is 10.6 Å². The van der Waals surface area contributed by atoms with Crippen LogP contribution in [0.25, 0.3) is 11.1 Å². The quantitative estimate of drug-likeness (QED) is 0.608. The zero-order valence-electron chi connectivity index (χ0n) is 19.7. The molecule has 1 atom stereocenters. The lowest BCUT2D eigenvalue weighted by atomic mass is 9.71. The van der Waals surface area contributed by atoms with Gasteiger partial charge in [-0.15, -0.1) is 0 Å². The molecule has 5 rings (SSSR count). The summed E-state index contributed by atoms with van der Waals surface area (Å²) in [4.78, 5) is 15.5. The molecule has 0 radical (unpaired) electrons. The first kappa shape index (κ1) is 22.8. The second-order valence-corrected chi connectivity index (χ2v) is 10.0. The summed E-state index contributed by atoms with van der Waals surface area (Å²) in [5.74, 6) is 0.578. The van der Waals surface area contributed by atoms with Crippen molar-refractivity contribution in [2.45, 2.75) is 57.5 Å². The number of piperidine rings is 3. The third-order valence-electron chi connectivity index (χ3n) is 7.59. The average Bonchev–Trinajstić information content (AvgIpc) is 2.80. The number of amides is 2. The lowest BCUT2D eigenvalue weighted by Crippen LogP contribution is -2.68. The van der Waals surface area contributed by atoms with Crippen LogP contribution in [-0.2, 0) is 12.0 Å². The molecule has 2 bridgehead atoms. The van der Waals surface area contributed by atoms with E-state index in [-0.39, 0.29) is 18.2 Å². The summed E-state index contributed by atoms with van der Waals surface area (Å²) in [7, 11) is 0. The number of carbonyl (C=O) groups excluding carboxylic acids is 1. The van der Waals surface area contributed by atoms with Gasteiger partial charge in [0, 0.05) is 13.2 Å². The lowest BCUT2D eigenvalue weighted by Gasteiger charge is -2.53. The Morgan fingerprint density at radius 3 is 2.16 bits per heavy atom. The highest BCUT2D eigenvalue weighted by atomic mass is 16.3. The Hall–Kier alpha value is -2.37. The number of benzene rings is 2. The second kappa shape index (κ2) is 9.24. The molecule has 0 spiro atoms. The van der Waals surface area contributed by atoms with Crippen molar-refractivity contribution in [3.63, 3.8) is 0 Å². The molecule has 2 amide bonds. The van der Waals surface area contributed by atoms with Crippen LogP contribution in [0, 0.1) is 5.92 Å². The van der Waals surface area contributed by atoms with E-state index < -0.39 is 5.54 Å². The second-order valence-electron chi connectivity index (χ2n) is 10.0. The van der Waals surface area contributed by atoms with Crippen LogP contribution in [0.4, 0.5) is 4.79 Å². The number of hydrogen-bond acceptors (Lipinski definition) is 3. The Kier molecular flexibility index (Phi) is 6.59. The predicted octanol–water partition coefficient (Wildman–Crippen LogP) is 4.30. The van der Waals surface area contributed by atoms with Crippen molar-refractivity contribution < 1.29 is 9.90 Å². The van der Waals surface area contributed by atoms with Crippen LogP contribution in [0.2, 0.25) is 0 Å². The van der Waals surface area contributed by atoms with Crippen LogP contribution in [0.3, 0.4) is 0 Å². The Labute approximate surface area is 192 Å². The molecule has 0 aliphatic carbocycles. The van der Waals surface area contributed by atoms with Gasteiger partial charge in [-0.05, 0) is 80.8 Å². The third kappa shape index (κ3) is 4.69. The Morgan fingerprint density at radius 2 is 1.66 bits per heavy atom. The minimum atomic E-state index is -0.476. The third-order valence-corrected chi connectivity index (χ3v) is 7.59. The maximum atomic E-state index is 13.1. The fourth-order valence-corrected chi connectivity index (χ4v) is 5.49. The van der Waals surface area contributed by atoms with Gasteiger partial charge >= 0.3 is 6.03 Å². The first-order valence-corrected chi connectivity index (χ1v) is 12.0. The van der Waals surface area contributed by atoms with Crippen molar-refractivity contribution in [3.8, 4) is 11.1 Å². The molecule has 0 aromatic heterocycles. The number of aliphatic hydroxyl groups is 1. The normalized spacial score (nSPS) is 24.9. The minimum Gasteiger partial charge on any atom is -0.396 e. The molecule has 2 aromatic rings. The molecule has 0 saturated carbocycles. The highest BCUT2D eigenvalue weighted by Gasteiger charge is 2.46. The minimum absolute atomic E-state index is 0.0749. The zero-order valence-corrected chi connectivity index (χ0v) is 19.7. The fourth-order valence-electron chi connectivity index (χ4n) is 5.49. The summed E-state index contributed by atoms with van der Waals surface area (Å²) in [5, 5.41) is 15.7. The van der Waals surface area contributed by atoms with E-state index in [9.17, 15) is 4.79 Å². The van der Waals surface area contributed by atoms with Crippen LogP contribution >= 0.6 is 0 Å². The smallest absolute Gasteiger partial charge is 0.315 e. The first-order chi connectivity index (χ1) is 15.3. The van der Waals surface area contributed by atoms with E-state index in [1.807, 2.05) is 0 Å². The van der Waals surface area contributed by atoms with Crippen LogP contribution in [0.15, 0.2) is 48.5 Å². The fraction of sp³-hybridized carbons (Fsp3) is 0.519. The number of carbonyl (C=O) groups is 1. The van der Waals surface area contributed by atoms with Crippen molar-refractivity contribution in [3.05, 3.63) is 59.7 Å². The highest BCUT2D eigenvalue weighted by molar-refractivity contribution is 5.76. The molecule has 32 heavy (non-hydrogen) atoms. The molecule has 1 unspecified atom stereocenters.